The van der Waals surface area contributed by atoms with Gasteiger partial charge in [0, 0.05) is 0 Å². The van der Waals surface area contributed by atoms with Crippen LogP contribution in [0.2, 0.25) is 0 Å². The van der Waals surface area contributed by atoms with Crippen LogP contribution in [-0.2, 0) is 0 Å². The first-order chi connectivity index (χ1) is 5.33. The summed E-state index contributed by atoms with van der Waals surface area (Å²) in [6.07, 6.45) is 13.5. The van der Waals surface area contributed by atoms with Crippen LogP contribution in [-0.4, -0.2) is 0 Å². The summed E-state index contributed by atoms with van der Waals surface area (Å²) in [6, 6.07) is 0. The molecule has 0 aliphatic heterocycles. The molecule has 0 aromatic rings. The summed E-state index contributed by atoms with van der Waals surface area (Å²) in [6.45, 7) is 4.36. The SMILES string of the molecule is CC/C=C\C1C=CC=C(C)C1. The van der Waals surface area contributed by atoms with Gasteiger partial charge >= 0.3 is 0 Å². The molecule has 60 valence electrons. The van der Waals surface area contributed by atoms with Gasteiger partial charge in [0.1, 0.15) is 0 Å². The third kappa shape index (κ3) is 2.75. The Hall–Kier alpha value is -0.780. The Bertz CT molecular complexity index is 194. The monoisotopic (exact) mass is 148 g/mol. The number of allylic oxidation sites excluding steroid dienone is 6. The second-order valence-corrected chi connectivity index (χ2v) is 3.10. The lowest BCUT2D eigenvalue weighted by Crippen LogP contribution is -1.96. The molecule has 0 fully saturated rings. The van der Waals surface area contributed by atoms with E-state index in [4.69, 9.17) is 0 Å². The Balaban J connectivity index is 2.46. The number of hydrogen-bond acceptors (Lipinski definition) is 0. The van der Waals surface area contributed by atoms with Crippen molar-refractivity contribution in [2.24, 2.45) is 5.92 Å². The van der Waals surface area contributed by atoms with Gasteiger partial charge in [-0.15, -0.1) is 0 Å². The second kappa shape index (κ2) is 4.17. The van der Waals surface area contributed by atoms with Crippen molar-refractivity contribution in [2.75, 3.05) is 0 Å². The summed E-state index contributed by atoms with van der Waals surface area (Å²) >= 11 is 0. The van der Waals surface area contributed by atoms with Crippen LogP contribution >= 0.6 is 0 Å². The first-order valence-electron chi connectivity index (χ1n) is 4.33. The number of hydrogen-bond donors (Lipinski definition) is 0. The molecule has 0 saturated carbocycles. The zero-order valence-electron chi connectivity index (χ0n) is 7.38. The predicted octanol–water partition coefficient (Wildman–Crippen LogP) is 3.48. The van der Waals surface area contributed by atoms with Gasteiger partial charge in [-0.2, -0.15) is 0 Å². The summed E-state index contributed by atoms with van der Waals surface area (Å²) < 4.78 is 0. The molecule has 1 unspecified atom stereocenters. The van der Waals surface area contributed by atoms with Gasteiger partial charge in [0.05, 0.1) is 0 Å². The predicted molar refractivity (Wildman–Crippen MR) is 50.4 cm³/mol. The Morgan fingerprint density at radius 2 is 2.45 bits per heavy atom. The maximum atomic E-state index is 2.30. The highest BCUT2D eigenvalue weighted by Crippen LogP contribution is 2.18. The number of rotatable bonds is 2. The minimum atomic E-state index is 0.653. The van der Waals surface area contributed by atoms with Crippen LogP contribution in [0.15, 0.2) is 36.0 Å². The molecule has 1 aliphatic carbocycles. The molecule has 1 rings (SSSR count). The molecule has 0 aromatic heterocycles. The lowest BCUT2D eigenvalue weighted by molar-refractivity contribution is 0.779. The molecule has 1 atom stereocenters. The molecule has 0 saturated heterocycles. The standard InChI is InChI=1S/C11H16/c1-3-4-7-11-8-5-6-10(2)9-11/h4-8,11H,3,9H2,1-2H3/b7-4-. The van der Waals surface area contributed by atoms with Crippen LogP contribution < -0.4 is 0 Å². The minimum Gasteiger partial charge on any atom is -0.0882 e. The molecule has 0 bridgehead atoms. The van der Waals surface area contributed by atoms with Gasteiger partial charge in [0.25, 0.3) is 0 Å². The molecule has 0 nitrogen and oxygen atoms in total. The molecule has 0 N–H and O–H groups in total. The van der Waals surface area contributed by atoms with E-state index in [1.54, 1.807) is 0 Å². The fourth-order valence-corrected chi connectivity index (χ4v) is 1.31. The topological polar surface area (TPSA) is 0 Å². The fourth-order valence-electron chi connectivity index (χ4n) is 1.31. The average Bonchev–Trinajstić information content (AvgIpc) is 2.01. The largest absolute Gasteiger partial charge is 0.0882 e. The smallest absolute Gasteiger partial charge is 0.00132 e. The Morgan fingerprint density at radius 3 is 3.09 bits per heavy atom. The van der Waals surface area contributed by atoms with Gasteiger partial charge in [-0.25, -0.2) is 0 Å². The molecule has 0 amide bonds. The van der Waals surface area contributed by atoms with Gasteiger partial charge in [0.15, 0.2) is 0 Å². The van der Waals surface area contributed by atoms with Crippen molar-refractivity contribution in [3.8, 4) is 0 Å². The van der Waals surface area contributed by atoms with Gasteiger partial charge < -0.3 is 0 Å². The van der Waals surface area contributed by atoms with E-state index in [-0.39, 0.29) is 0 Å². The lowest BCUT2D eigenvalue weighted by Gasteiger charge is -2.11. The minimum absolute atomic E-state index is 0.653. The van der Waals surface area contributed by atoms with E-state index in [2.05, 4.69) is 44.2 Å². The van der Waals surface area contributed by atoms with Crippen LogP contribution in [0.4, 0.5) is 0 Å². The third-order valence-corrected chi connectivity index (χ3v) is 1.92. The quantitative estimate of drug-likeness (QED) is 0.526. The highest BCUT2D eigenvalue weighted by Gasteiger charge is 2.03. The normalized spacial score (nSPS) is 24.2. The maximum Gasteiger partial charge on any atom is -0.00132 e. The lowest BCUT2D eigenvalue weighted by atomic mass is 9.95. The van der Waals surface area contributed by atoms with E-state index < -0.39 is 0 Å². The molecular formula is C11H16. The molecule has 1 aliphatic rings. The Morgan fingerprint density at radius 1 is 1.64 bits per heavy atom. The van der Waals surface area contributed by atoms with E-state index >= 15 is 0 Å². The first-order valence-corrected chi connectivity index (χ1v) is 4.33. The Kier molecular flexibility index (Phi) is 3.15. The van der Waals surface area contributed by atoms with Crippen molar-refractivity contribution in [1.29, 1.82) is 0 Å². The summed E-state index contributed by atoms with van der Waals surface area (Å²) in [5, 5.41) is 0. The Labute approximate surface area is 69.3 Å². The molecular weight excluding hydrogens is 132 g/mol. The third-order valence-electron chi connectivity index (χ3n) is 1.92. The van der Waals surface area contributed by atoms with Crippen molar-refractivity contribution in [3.05, 3.63) is 36.0 Å². The van der Waals surface area contributed by atoms with Gasteiger partial charge in [-0.3, -0.25) is 0 Å². The van der Waals surface area contributed by atoms with E-state index in [1.165, 1.54) is 12.0 Å². The zero-order valence-corrected chi connectivity index (χ0v) is 7.38. The molecule has 11 heavy (non-hydrogen) atoms. The fraction of sp³-hybridized carbons (Fsp3) is 0.455. The summed E-state index contributed by atoms with van der Waals surface area (Å²) in [4.78, 5) is 0. The molecule has 0 radical (unpaired) electrons. The van der Waals surface area contributed by atoms with Crippen LogP contribution in [0.1, 0.15) is 26.7 Å². The highest BCUT2D eigenvalue weighted by molar-refractivity contribution is 5.21. The van der Waals surface area contributed by atoms with Gasteiger partial charge in [-0.1, -0.05) is 42.9 Å². The van der Waals surface area contributed by atoms with E-state index in [0.717, 1.165) is 6.42 Å². The molecule has 0 aromatic carbocycles. The molecule has 0 heterocycles. The van der Waals surface area contributed by atoms with E-state index in [9.17, 15) is 0 Å². The van der Waals surface area contributed by atoms with Crippen LogP contribution in [0, 0.1) is 5.92 Å². The average molecular weight is 148 g/mol. The van der Waals surface area contributed by atoms with Crippen molar-refractivity contribution in [3.63, 3.8) is 0 Å². The van der Waals surface area contributed by atoms with Gasteiger partial charge in [-0.05, 0) is 25.7 Å². The van der Waals surface area contributed by atoms with E-state index in [0.29, 0.717) is 5.92 Å². The zero-order chi connectivity index (χ0) is 8.10. The van der Waals surface area contributed by atoms with Crippen LogP contribution in [0.25, 0.3) is 0 Å². The first kappa shape index (κ1) is 8.32. The van der Waals surface area contributed by atoms with Crippen molar-refractivity contribution < 1.29 is 0 Å². The molecule has 0 spiro atoms. The van der Waals surface area contributed by atoms with Crippen LogP contribution in [0.5, 0.6) is 0 Å². The van der Waals surface area contributed by atoms with Crippen LogP contribution in [0.3, 0.4) is 0 Å². The van der Waals surface area contributed by atoms with Gasteiger partial charge in [0.2, 0.25) is 0 Å². The highest BCUT2D eigenvalue weighted by atomic mass is 14.1. The van der Waals surface area contributed by atoms with E-state index in [1.807, 2.05) is 0 Å². The molecule has 0 heteroatoms. The summed E-state index contributed by atoms with van der Waals surface area (Å²) in [5.74, 6) is 0.653. The van der Waals surface area contributed by atoms with Crippen molar-refractivity contribution in [2.45, 2.75) is 26.7 Å². The maximum absolute atomic E-state index is 2.30. The van der Waals surface area contributed by atoms with Crippen molar-refractivity contribution in [1.82, 2.24) is 0 Å². The second-order valence-electron chi connectivity index (χ2n) is 3.10. The van der Waals surface area contributed by atoms with Crippen molar-refractivity contribution >= 4 is 0 Å². The summed E-state index contributed by atoms with van der Waals surface area (Å²) in [7, 11) is 0. The summed E-state index contributed by atoms with van der Waals surface area (Å²) in [5.41, 5.74) is 1.48.